The predicted octanol–water partition coefficient (Wildman–Crippen LogP) is 4.94. The van der Waals surface area contributed by atoms with Gasteiger partial charge in [0, 0.05) is 27.0 Å². The molecule has 5 heteroatoms. The Morgan fingerprint density at radius 1 is 1.10 bits per heavy atom. The topological polar surface area (TPSA) is 30.5 Å². The first-order chi connectivity index (χ1) is 10.1. The molecule has 0 aliphatic carbocycles. The number of nitrogens with one attached hydrogen (secondary N) is 1. The second kappa shape index (κ2) is 7.29. The normalized spacial score (nSPS) is 13.8. The molecule has 0 aliphatic heterocycles. The quantitative estimate of drug-likeness (QED) is 0.781. The van der Waals surface area contributed by atoms with Gasteiger partial charge in [-0.15, -0.1) is 11.3 Å². The monoisotopic (exact) mass is 369 g/mol. The number of hydrogen-bond acceptors (Lipinski definition) is 4. The van der Waals surface area contributed by atoms with Crippen molar-refractivity contribution in [3.05, 3.63) is 44.6 Å². The number of benzene rings is 1. The van der Waals surface area contributed by atoms with Gasteiger partial charge in [-0.05, 0) is 59.4 Å². The van der Waals surface area contributed by atoms with Gasteiger partial charge in [0.25, 0.3) is 0 Å². The van der Waals surface area contributed by atoms with E-state index in [1.54, 1.807) is 25.6 Å². The number of methoxy groups -OCH3 is 2. The summed E-state index contributed by atoms with van der Waals surface area (Å²) in [7, 11) is 3.37. The first-order valence-corrected chi connectivity index (χ1v) is 8.45. The molecule has 1 N–H and O–H groups in total. The highest BCUT2D eigenvalue weighted by Gasteiger charge is 2.17. The molecule has 2 unspecified atom stereocenters. The lowest BCUT2D eigenvalue weighted by Gasteiger charge is -2.22. The minimum absolute atomic E-state index is 0.152. The van der Waals surface area contributed by atoms with E-state index >= 15 is 0 Å². The maximum Gasteiger partial charge on any atom is 0.123 e. The van der Waals surface area contributed by atoms with E-state index in [-0.39, 0.29) is 12.1 Å². The molecule has 0 spiro atoms. The molecule has 2 atom stereocenters. The molecule has 1 aromatic heterocycles. The van der Waals surface area contributed by atoms with E-state index in [4.69, 9.17) is 9.47 Å². The minimum atomic E-state index is 0.152. The lowest BCUT2D eigenvalue weighted by molar-refractivity contribution is 0.388. The van der Waals surface area contributed by atoms with Gasteiger partial charge in [-0.25, -0.2) is 0 Å². The Kier molecular flexibility index (Phi) is 5.67. The molecular formula is C16H20BrNO2S. The van der Waals surface area contributed by atoms with E-state index in [1.807, 2.05) is 18.2 Å². The third-order valence-electron chi connectivity index (χ3n) is 3.44. The number of rotatable bonds is 6. The van der Waals surface area contributed by atoms with Crippen LogP contribution < -0.4 is 14.8 Å². The Hall–Kier alpha value is -1.04. The average Bonchev–Trinajstić information content (AvgIpc) is 2.92. The fraction of sp³-hybridized carbons (Fsp3) is 0.375. The Balaban J connectivity index is 2.19. The summed E-state index contributed by atoms with van der Waals surface area (Å²) in [5, 5.41) is 5.70. The van der Waals surface area contributed by atoms with Crippen LogP contribution in [0.1, 0.15) is 36.4 Å². The van der Waals surface area contributed by atoms with Crippen LogP contribution in [0.2, 0.25) is 0 Å². The van der Waals surface area contributed by atoms with E-state index in [1.165, 1.54) is 4.88 Å². The first kappa shape index (κ1) is 16.3. The van der Waals surface area contributed by atoms with Crippen molar-refractivity contribution in [2.45, 2.75) is 25.9 Å². The summed E-state index contributed by atoms with van der Waals surface area (Å²) in [6.07, 6.45) is 0. The van der Waals surface area contributed by atoms with Crippen molar-refractivity contribution in [1.82, 2.24) is 5.32 Å². The summed E-state index contributed by atoms with van der Waals surface area (Å²) in [5.74, 6) is 1.71. The number of hydrogen-bond donors (Lipinski definition) is 1. The zero-order chi connectivity index (χ0) is 15.4. The third kappa shape index (κ3) is 3.78. The molecule has 21 heavy (non-hydrogen) atoms. The molecular weight excluding hydrogens is 350 g/mol. The maximum absolute atomic E-state index is 5.46. The summed E-state index contributed by atoms with van der Waals surface area (Å²) in [4.78, 5) is 1.30. The Morgan fingerprint density at radius 3 is 2.43 bits per heavy atom. The molecule has 1 aromatic carbocycles. The molecule has 114 valence electrons. The minimum Gasteiger partial charge on any atom is -0.497 e. The van der Waals surface area contributed by atoms with Crippen LogP contribution in [0.5, 0.6) is 11.5 Å². The molecule has 0 saturated carbocycles. The van der Waals surface area contributed by atoms with Gasteiger partial charge in [0.2, 0.25) is 0 Å². The molecule has 2 aromatic rings. The van der Waals surface area contributed by atoms with Gasteiger partial charge in [0.05, 0.1) is 14.2 Å². The van der Waals surface area contributed by atoms with Gasteiger partial charge in [0.15, 0.2) is 0 Å². The van der Waals surface area contributed by atoms with Crippen LogP contribution >= 0.6 is 27.3 Å². The summed E-state index contributed by atoms with van der Waals surface area (Å²) in [6, 6.07) is 8.36. The fourth-order valence-corrected chi connectivity index (χ4v) is 4.07. The SMILES string of the molecule is COc1ccc(OC)c(C(C)NC(C)c2sccc2Br)c1. The van der Waals surface area contributed by atoms with E-state index in [9.17, 15) is 0 Å². The summed E-state index contributed by atoms with van der Waals surface area (Å²) < 4.78 is 11.9. The Labute approximate surface area is 138 Å². The second-order valence-electron chi connectivity index (χ2n) is 4.85. The molecule has 0 amide bonds. The molecule has 0 saturated heterocycles. The zero-order valence-corrected chi connectivity index (χ0v) is 15.0. The highest BCUT2D eigenvalue weighted by Crippen LogP contribution is 2.33. The van der Waals surface area contributed by atoms with E-state index in [0.29, 0.717) is 0 Å². The van der Waals surface area contributed by atoms with Crippen molar-refractivity contribution in [3.8, 4) is 11.5 Å². The standard InChI is InChI=1S/C16H20BrNO2S/c1-10(18-11(2)16-14(17)7-8-21-16)13-9-12(19-3)5-6-15(13)20-4/h5-11,18H,1-4H3. The zero-order valence-electron chi connectivity index (χ0n) is 12.6. The van der Waals surface area contributed by atoms with Crippen molar-refractivity contribution in [1.29, 1.82) is 0 Å². The van der Waals surface area contributed by atoms with Gasteiger partial charge in [0.1, 0.15) is 11.5 Å². The van der Waals surface area contributed by atoms with Gasteiger partial charge in [-0.1, -0.05) is 0 Å². The smallest absolute Gasteiger partial charge is 0.123 e. The molecule has 0 bridgehead atoms. The summed E-state index contributed by atoms with van der Waals surface area (Å²) in [6.45, 7) is 4.30. The van der Waals surface area contributed by atoms with Crippen molar-refractivity contribution in [2.75, 3.05) is 14.2 Å². The highest BCUT2D eigenvalue weighted by atomic mass is 79.9. The van der Waals surface area contributed by atoms with Crippen molar-refractivity contribution in [2.24, 2.45) is 0 Å². The van der Waals surface area contributed by atoms with Crippen molar-refractivity contribution >= 4 is 27.3 Å². The summed E-state index contributed by atoms with van der Waals surface area (Å²) >= 11 is 5.34. The van der Waals surface area contributed by atoms with E-state index in [2.05, 4.69) is 46.5 Å². The first-order valence-electron chi connectivity index (χ1n) is 6.77. The van der Waals surface area contributed by atoms with Crippen molar-refractivity contribution in [3.63, 3.8) is 0 Å². The van der Waals surface area contributed by atoms with Crippen LogP contribution in [0.25, 0.3) is 0 Å². The largest absolute Gasteiger partial charge is 0.497 e. The molecule has 0 fully saturated rings. The van der Waals surface area contributed by atoms with E-state index < -0.39 is 0 Å². The maximum atomic E-state index is 5.46. The van der Waals surface area contributed by atoms with Crippen LogP contribution in [0, 0.1) is 0 Å². The predicted molar refractivity (Wildman–Crippen MR) is 91.5 cm³/mol. The average molecular weight is 370 g/mol. The Morgan fingerprint density at radius 2 is 1.86 bits per heavy atom. The Bertz CT molecular complexity index is 600. The molecule has 3 nitrogen and oxygen atoms in total. The van der Waals surface area contributed by atoms with Gasteiger partial charge < -0.3 is 14.8 Å². The lowest BCUT2D eigenvalue weighted by Crippen LogP contribution is -2.22. The van der Waals surface area contributed by atoms with Gasteiger partial charge >= 0.3 is 0 Å². The number of ether oxygens (including phenoxy) is 2. The third-order valence-corrected chi connectivity index (χ3v) is 5.49. The van der Waals surface area contributed by atoms with Crippen LogP contribution in [0.15, 0.2) is 34.1 Å². The molecule has 2 rings (SSSR count). The van der Waals surface area contributed by atoms with Crippen LogP contribution in [0.4, 0.5) is 0 Å². The van der Waals surface area contributed by atoms with Crippen molar-refractivity contribution < 1.29 is 9.47 Å². The fourth-order valence-electron chi connectivity index (χ4n) is 2.33. The number of halogens is 1. The lowest BCUT2D eigenvalue weighted by atomic mass is 10.1. The van der Waals surface area contributed by atoms with Crippen LogP contribution in [-0.4, -0.2) is 14.2 Å². The number of thiophene rings is 1. The molecule has 1 heterocycles. The van der Waals surface area contributed by atoms with E-state index in [0.717, 1.165) is 21.5 Å². The molecule has 0 radical (unpaired) electrons. The van der Waals surface area contributed by atoms with Gasteiger partial charge in [-0.3, -0.25) is 0 Å². The second-order valence-corrected chi connectivity index (χ2v) is 6.65. The van der Waals surface area contributed by atoms with Gasteiger partial charge in [-0.2, -0.15) is 0 Å². The highest BCUT2D eigenvalue weighted by molar-refractivity contribution is 9.10. The van der Waals surface area contributed by atoms with Crippen LogP contribution in [0.3, 0.4) is 0 Å². The molecule has 0 aliphatic rings. The van der Waals surface area contributed by atoms with Crippen LogP contribution in [-0.2, 0) is 0 Å². The summed E-state index contributed by atoms with van der Waals surface area (Å²) in [5.41, 5.74) is 1.09.